The largest absolute Gasteiger partial charge is 0.356 e. The summed E-state index contributed by atoms with van der Waals surface area (Å²) < 4.78 is 0. The molecule has 1 rings (SSSR count). The molecular formula is C11H22N2O. The van der Waals surface area contributed by atoms with Crippen molar-refractivity contribution >= 4 is 5.91 Å². The highest BCUT2D eigenvalue weighted by Crippen LogP contribution is 2.51. The van der Waals surface area contributed by atoms with Crippen LogP contribution in [0.5, 0.6) is 0 Å². The zero-order valence-corrected chi connectivity index (χ0v) is 9.47. The number of nitrogens with one attached hydrogen (secondary N) is 1. The Labute approximate surface area is 86.4 Å². The van der Waals surface area contributed by atoms with Crippen LogP contribution >= 0.6 is 0 Å². The van der Waals surface area contributed by atoms with E-state index in [2.05, 4.69) is 26.1 Å². The van der Waals surface area contributed by atoms with E-state index < -0.39 is 0 Å². The molecule has 1 aliphatic rings. The van der Waals surface area contributed by atoms with Crippen LogP contribution in [0.1, 0.15) is 33.6 Å². The van der Waals surface area contributed by atoms with Crippen LogP contribution in [0.2, 0.25) is 0 Å². The van der Waals surface area contributed by atoms with Gasteiger partial charge < -0.3 is 11.1 Å². The van der Waals surface area contributed by atoms with Crippen molar-refractivity contribution in [3.8, 4) is 0 Å². The van der Waals surface area contributed by atoms with Crippen molar-refractivity contribution in [2.24, 2.45) is 23.0 Å². The van der Waals surface area contributed by atoms with E-state index in [4.69, 9.17) is 5.73 Å². The van der Waals surface area contributed by atoms with Crippen LogP contribution in [0.4, 0.5) is 0 Å². The highest BCUT2D eigenvalue weighted by atomic mass is 16.2. The zero-order valence-electron chi connectivity index (χ0n) is 9.47. The molecule has 82 valence electrons. The lowest BCUT2D eigenvalue weighted by Crippen LogP contribution is -2.31. The maximum Gasteiger partial charge on any atom is 0.223 e. The number of amides is 1. The minimum absolute atomic E-state index is 0.221. The Morgan fingerprint density at radius 2 is 2.21 bits per heavy atom. The first-order valence-electron chi connectivity index (χ1n) is 5.45. The molecule has 2 unspecified atom stereocenters. The Morgan fingerprint density at radius 3 is 2.64 bits per heavy atom. The predicted molar refractivity (Wildman–Crippen MR) is 57.7 cm³/mol. The smallest absolute Gasteiger partial charge is 0.223 e. The summed E-state index contributed by atoms with van der Waals surface area (Å²) in [6.45, 7) is 7.86. The molecule has 0 aromatic carbocycles. The van der Waals surface area contributed by atoms with Gasteiger partial charge in [0.25, 0.3) is 0 Å². The fourth-order valence-electron chi connectivity index (χ4n) is 1.70. The summed E-state index contributed by atoms with van der Waals surface area (Å²) in [7, 11) is 0. The summed E-state index contributed by atoms with van der Waals surface area (Å²) in [5.74, 6) is 0.956. The first-order valence-corrected chi connectivity index (χ1v) is 5.45. The van der Waals surface area contributed by atoms with Crippen LogP contribution in [0.3, 0.4) is 0 Å². The second-order valence-electron chi connectivity index (χ2n) is 5.17. The van der Waals surface area contributed by atoms with Gasteiger partial charge in [0.2, 0.25) is 5.91 Å². The lowest BCUT2D eigenvalue weighted by Gasteiger charge is -2.11. The van der Waals surface area contributed by atoms with Gasteiger partial charge in [0.15, 0.2) is 0 Å². The van der Waals surface area contributed by atoms with Crippen molar-refractivity contribution < 1.29 is 4.79 Å². The molecule has 0 spiro atoms. The van der Waals surface area contributed by atoms with Gasteiger partial charge in [-0.2, -0.15) is 0 Å². The van der Waals surface area contributed by atoms with Gasteiger partial charge in [-0.25, -0.2) is 0 Å². The summed E-state index contributed by atoms with van der Waals surface area (Å²) in [6, 6.07) is 0. The standard InChI is InChI=1S/C11H22N2O/c1-8(4-5-12)7-13-10(14)9-6-11(9,2)3/h8-9H,4-7,12H2,1-3H3,(H,13,14). The van der Waals surface area contributed by atoms with E-state index in [-0.39, 0.29) is 17.2 Å². The van der Waals surface area contributed by atoms with E-state index in [1.807, 2.05) is 0 Å². The molecule has 1 amide bonds. The van der Waals surface area contributed by atoms with Gasteiger partial charge in [-0.15, -0.1) is 0 Å². The molecule has 14 heavy (non-hydrogen) atoms. The van der Waals surface area contributed by atoms with Crippen molar-refractivity contribution in [3.63, 3.8) is 0 Å². The maximum absolute atomic E-state index is 11.6. The third-order valence-corrected chi connectivity index (χ3v) is 3.11. The van der Waals surface area contributed by atoms with Crippen molar-refractivity contribution in [3.05, 3.63) is 0 Å². The molecule has 0 bridgehead atoms. The van der Waals surface area contributed by atoms with Gasteiger partial charge in [-0.1, -0.05) is 20.8 Å². The molecule has 0 aromatic rings. The number of carbonyl (C=O) groups excluding carboxylic acids is 1. The van der Waals surface area contributed by atoms with Crippen LogP contribution in [0.15, 0.2) is 0 Å². The van der Waals surface area contributed by atoms with Gasteiger partial charge in [-0.3, -0.25) is 4.79 Å². The average Bonchev–Trinajstić information content (AvgIpc) is 2.72. The van der Waals surface area contributed by atoms with Crippen molar-refractivity contribution in [1.29, 1.82) is 0 Å². The third-order valence-electron chi connectivity index (χ3n) is 3.11. The SMILES string of the molecule is CC(CCN)CNC(=O)C1CC1(C)C. The molecule has 3 nitrogen and oxygen atoms in total. The fourth-order valence-corrected chi connectivity index (χ4v) is 1.70. The van der Waals surface area contributed by atoms with Crippen molar-refractivity contribution in [2.75, 3.05) is 13.1 Å². The van der Waals surface area contributed by atoms with Crippen LogP contribution in [-0.2, 0) is 4.79 Å². The topological polar surface area (TPSA) is 55.1 Å². The normalized spacial score (nSPS) is 25.6. The Morgan fingerprint density at radius 1 is 1.64 bits per heavy atom. The first kappa shape index (κ1) is 11.5. The highest BCUT2D eigenvalue weighted by Gasteiger charge is 2.50. The summed E-state index contributed by atoms with van der Waals surface area (Å²) in [4.78, 5) is 11.6. The maximum atomic E-state index is 11.6. The molecule has 3 heteroatoms. The summed E-state index contributed by atoms with van der Waals surface area (Å²) in [5.41, 5.74) is 5.68. The molecule has 1 fully saturated rings. The second kappa shape index (κ2) is 4.30. The molecule has 2 atom stereocenters. The summed E-state index contributed by atoms with van der Waals surface area (Å²) >= 11 is 0. The Bertz CT molecular complexity index is 213. The van der Waals surface area contributed by atoms with Crippen molar-refractivity contribution in [1.82, 2.24) is 5.32 Å². The Hall–Kier alpha value is -0.570. The number of rotatable bonds is 5. The molecule has 0 aliphatic heterocycles. The van der Waals surface area contributed by atoms with Gasteiger partial charge in [0, 0.05) is 12.5 Å². The van der Waals surface area contributed by atoms with Gasteiger partial charge >= 0.3 is 0 Å². The molecular weight excluding hydrogens is 176 g/mol. The van der Waals surface area contributed by atoms with E-state index in [1.54, 1.807) is 0 Å². The van der Waals surface area contributed by atoms with E-state index in [0.29, 0.717) is 12.5 Å². The second-order valence-corrected chi connectivity index (χ2v) is 5.17. The third kappa shape index (κ3) is 2.98. The van der Waals surface area contributed by atoms with Crippen molar-refractivity contribution in [2.45, 2.75) is 33.6 Å². The van der Waals surface area contributed by atoms with Crippen LogP contribution in [0, 0.1) is 17.3 Å². The van der Waals surface area contributed by atoms with Crippen LogP contribution in [-0.4, -0.2) is 19.0 Å². The Kier molecular flexibility index (Phi) is 3.53. The van der Waals surface area contributed by atoms with E-state index in [0.717, 1.165) is 19.4 Å². The predicted octanol–water partition coefficient (Wildman–Crippen LogP) is 1.13. The Balaban J connectivity index is 2.16. The molecule has 1 saturated carbocycles. The summed E-state index contributed by atoms with van der Waals surface area (Å²) in [5, 5.41) is 2.99. The molecule has 3 N–H and O–H groups in total. The number of nitrogens with two attached hydrogens (primary N) is 1. The highest BCUT2D eigenvalue weighted by molar-refractivity contribution is 5.82. The minimum atomic E-state index is 0.221. The molecule has 1 aliphatic carbocycles. The molecule has 0 saturated heterocycles. The lowest BCUT2D eigenvalue weighted by molar-refractivity contribution is -0.123. The zero-order chi connectivity index (χ0) is 10.8. The van der Waals surface area contributed by atoms with Crippen LogP contribution in [0.25, 0.3) is 0 Å². The fraction of sp³-hybridized carbons (Fsp3) is 0.909. The number of hydrogen-bond donors (Lipinski definition) is 2. The lowest BCUT2D eigenvalue weighted by atomic mass is 10.1. The average molecular weight is 198 g/mol. The number of hydrogen-bond acceptors (Lipinski definition) is 2. The monoisotopic (exact) mass is 198 g/mol. The van der Waals surface area contributed by atoms with Gasteiger partial charge in [-0.05, 0) is 30.7 Å². The van der Waals surface area contributed by atoms with Gasteiger partial charge in [0.05, 0.1) is 0 Å². The molecule has 0 aromatic heterocycles. The number of carbonyl (C=O) groups is 1. The van der Waals surface area contributed by atoms with Crippen LogP contribution < -0.4 is 11.1 Å². The minimum Gasteiger partial charge on any atom is -0.356 e. The quantitative estimate of drug-likeness (QED) is 0.696. The molecule has 0 radical (unpaired) electrons. The van der Waals surface area contributed by atoms with E-state index in [1.165, 1.54) is 0 Å². The first-order chi connectivity index (χ1) is 6.47. The summed E-state index contributed by atoms with van der Waals surface area (Å²) in [6.07, 6.45) is 2.01. The van der Waals surface area contributed by atoms with Gasteiger partial charge in [0.1, 0.15) is 0 Å². The molecule has 0 heterocycles. The van der Waals surface area contributed by atoms with E-state index in [9.17, 15) is 4.79 Å². The van der Waals surface area contributed by atoms with E-state index >= 15 is 0 Å².